The number of carbonyl (C=O) groups is 2. The lowest BCUT2D eigenvalue weighted by Crippen LogP contribution is -2.10. The summed E-state index contributed by atoms with van der Waals surface area (Å²) in [5, 5.41) is 1.45. The van der Waals surface area contributed by atoms with E-state index < -0.39 is 5.25 Å². The Balaban J connectivity index is 1.85. The van der Waals surface area contributed by atoms with Crippen molar-refractivity contribution < 1.29 is 14.3 Å². The Morgan fingerprint density at radius 3 is 2.28 bits per heavy atom. The lowest BCUT2D eigenvalue weighted by Gasteiger charge is -2.15. The number of Topliss-reactive ketones (excluding diaryl/α,β-unsaturated/α-hetero) is 1. The minimum Gasteiger partial charge on any atom is -0.466 e. The number of esters is 1. The third kappa shape index (κ3) is 5.78. The molecule has 150 valence electrons. The number of benzene rings is 2. The molecule has 0 saturated carbocycles. The Morgan fingerprint density at radius 2 is 1.66 bits per heavy atom. The highest BCUT2D eigenvalue weighted by molar-refractivity contribution is 8.01. The number of thiazole rings is 1. The standard InChI is InChI=1S/C23H23NO3S2/c1-4-27-20(25)13-19-14-28-23(24-19)29-22(18-11-7-16(3)8-12-18)21(26)17-9-5-15(2)6-10-17/h5-12,14,22H,4,13H2,1-3H3/t22-/m1/s1. The Morgan fingerprint density at radius 1 is 1.03 bits per heavy atom. The van der Waals surface area contributed by atoms with Crippen LogP contribution in [0.2, 0.25) is 0 Å². The van der Waals surface area contributed by atoms with Gasteiger partial charge in [0.25, 0.3) is 0 Å². The molecule has 0 aliphatic rings. The van der Waals surface area contributed by atoms with Gasteiger partial charge in [0, 0.05) is 10.9 Å². The van der Waals surface area contributed by atoms with Crippen LogP contribution in [-0.4, -0.2) is 23.3 Å². The van der Waals surface area contributed by atoms with Crippen molar-refractivity contribution in [3.63, 3.8) is 0 Å². The van der Waals surface area contributed by atoms with Gasteiger partial charge in [-0.15, -0.1) is 11.3 Å². The van der Waals surface area contributed by atoms with Gasteiger partial charge in [-0.25, -0.2) is 4.98 Å². The van der Waals surface area contributed by atoms with Gasteiger partial charge in [0.2, 0.25) is 0 Å². The summed E-state index contributed by atoms with van der Waals surface area (Å²) >= 11 is 2.86. The quantitative estimate of drug-likeness (QED) is 0.268. The van der Waals surface area contributed by atoms with Crippen LogP contribution in [0, 0.1) is 13.8 Å². The maximum atomic E-state index is 13.3. The highest BCUT2D eigenvalue weighted by atomic mass is 32.2. The van der Waals surface area contributed by atoms with E-state index in [2.05, 4.69) is 4.98 Å². The van der Waals surface area contributed by atoms with Gasteiger partial charge in [0.05, 0.1) is 24.0 Å². The molecule has 0 spiro atoms. The molecule has 0 fully saturated rings. The number of thioether (sulfide) groups is 1. The van der Waals surface area contributed by atoms with Crippen LogP contribution in [0.1, 0.15) is 44.9 Å². The molecule has 0 unspecified atom stereocenters. The van der Waals surface area contributed by atoms with Crippen molar-refractivity contribution >= 4 is 34.9 Å². The molecule has 3 aromatic rings. The van der Waals surface area contributed by atoms with Crippen LogP contribution in [-0.2, 0) is 16.0 Å². The van der Waals surface area contributed by atoms with E-state index in [-0.39, 0.29) is 18.2 Å². The fraction of sp³-hybridized carbons (Fsp3) is 0.261. The average Bonchev–Trinajstić information content (AvgIpc) is 3.14. The van der Waals surface area contributed by atoms with Gasteiger partial charge in [-0.2, -0.15) is 0 Å². The zero-order chi connectivity index (χ0) is 20.8. The summed E-state index contributed by atoms with van der Waals surface area (Å²) in [6.45, 7) is 6.16. The molecule has 1 heterocycles. The average molecular weight is 426 g/mol. The molecule has 0 aliphatic carbocycles. The fourth-order valence-corrected chi connectivity index (χ4v) is 4.87. The van der Waals surface area contributed by atoms with Crippen LogP contribution in [0.3, 0.4) is 0 Å². The van der Waals surface area contributed by atoms with Crippen molar-refractivity contribution in [2.24, 2.45) is 0 Å². The molecular weight excluding hydrogens is 402 g/mol. The number of hydrogen-bond donors (Lipinski definition) is 0. The van der Waals surface area contributed by atoms with Gasteiger partial charge in [0.15, 0.2) is 10.1 Å². The van der Waals surface area contributed by atoms with Crippen LogP contribution >= 0.6 is 23.1 Å². The summed E-state index contributed by atoms with van der Waals surface area (Å²) in [6.07, 6.45) is 0.145. The van der Waals surface area contributed by atoms with Crippen LogP contribution in [0.15, 0.2) is 58.3 Å². The summed E-state index contributed by atoms with van der Waals surface area (Å²) in [6, 6.07) is 15.6. The second-order valence-corrected chi connectivity index (χ2v) is 8.94. The summed E-state index contributed by atoms with van der Waals surface area (Å²) in [5.74, 6) is -0.249. The number of aryl methyl sites for hydroxylation is 2. The number of rotatable bonds is 8. The van der Waals surface area contributed by atoms with Gasteiger partial charge < -0.3 is 4.74 Å². The minimum atomic E-state index is -0.403. The lowest BCUT2D eigenvalue weighted by atomic mass is 10.0. The second kappa shape index (κ2) is 9.85. The molecule has 1 atom stereocenters. The van der Waals surface area contributed by atoms with Crippen molar-refractivity contribution in [2.45, 2.75) is 36.8 Å². The normalized spacial score (nSPS) is 11.8. The van der Waals surface area contributed by atoms with Gasteiger partial charge in [-0.1, -0.05) is 71.4 Å². The second-order valence-electron chi connectivity index (χ2n) is 6.73. The Labute approximate surface area is 179 Å². The molecule has 0 bridgehead atoms. The SMILES string of the molecule is CCOC(=O)Cc1csc(S[C@@H](C(=O)c2ccc(C)cc2)c2ccc(C)cc2)n1. The molecule has 0 radical (unpaired) electrons. The van der Waals surface area contributed by atoms with Crippen LogP contribution < -0.4 is 0 Å². The zero-order valence-corrected chi connectivity index (χ0v) is 18.3. The Kier molecular flexibility index (Phi) is 7.23. The third-order valence-corrected chi connectivity index (χ3v) is 6.61. The molecule has 0 N–H and O–H groups in total. The molecular formula is C23H23NO3S2. The molecule has 0 saturated heterocycles. The largest absolute Gasteiger partial charge is 0.466 e. The van der Waals surface area contributed by atoms with Crippen molar-refractivity contribution in [3.05, 3.63) is 81.9 Å². The van der Waals surface area contributed by atoms with Crippen LogP contribution in [0.4, 0.5) is 0 Å². The van der Waals surface area contributed by atoms with Crippen molar-refractivity contribution in [2.75, 3.05) is 6.61 Å². The number of hydrogen-bond acceptors (Lipinski definition) is 6. The lowest BCUT2D eigenvalue weighted by molar-refractivity contribution is -0.142. The van der Waals surface area contributed by atoms with Gasteiger partial charge >= 0.3 is 5.97 Å². The van der Waals surface area contributed by atoms with E-state index >= 15 is 0 Å². The molecule has 29 heavy (non-hydrogen) atoms. The van der Waals surface area contributed by atoms with Crippen molar-refractivity contribution in [3.8, 4) is 0 Å². The summed E-state index contributed by atoms with van der Waals surface area (Å²) in [7, 11) is 0. The third-order valence-electron chi connectivity index (χ3n) is 4.33. The monoisotopic (exact) mass is 425 g/mol. The van der Waals surface area contributed by atoms with E-state index in [1.807, 2.05) is 67.8 Å². The summed E-state index contributed by atoms with van der Waals surface area (Å²) in [5.41, 5.74) is 4.54. The molecule has 2 aromatic carbocycles. The molecule has 3 rings (SSSR count). The first-order valence-electron chi connectivity index (χ1n) is 9.40. The minimum absolute atomic E-state index is 0.0426. The van der Waals surface area contributed by atoms with Crippen molar-refractivity contribution in [1.29, 1.82) is 0 Å². The first-order valence-corrected chi connectivity index (χ1v) is 11.2. The number of aromatic nitrogens is 1. The van der Waals surface area contributed by atoms with E-state index in [0.29, 0.717) is 17.9 Å². The van der Waals surface area contributed by atoms with Gasteiger partial charge in [-0.05, 0) is 26.3 Å². The molecule has 0 amide bonds. The maximum Gasteiger partial charge on any atom is 0.311 e. The highest BCUT2D eigenvalue weighted by Crippen LogP contribution is 2.39. The molecule has 6 heteroatoms. The summed E-state index contributed by atoms with van der Waals surface area (Å²) < 4.78 is 5.75. The molecule has 1 aromatic heterocycles. The summed E-state index contributed by atoms with van der Waals surface area (Å²) in [4.78, 5) is 29.5. The van der Waals surface area contributed by atoms with E-state index in [9.17, 15) is 9.59 Å². The predicted molar refractivity (Wildman–Crippen MR) is 118 cm³/mol. The highest BCUT2D eigenvalue weighted by Gasteiger charge is 2.25. The molecule has 0 aliphatic heterocycles. The number of nitrogens with zero attached hydrogens (tertiary/aromatic N) is 1. The number of carbonyl (C=O) groups excluding carboxylic acids is 2. The first-order chi connectivity index (χ1) is 14.0. The fourth-order valence-electron chi connectivity index (χ4n) is 2.77. The molecule has 4 nitrogen and oxygen atoms in total. The van der Waals surface area contributed by atoms with Crippen LogP contribution in [0.5, 0.6) is 0 Å². The smallest absolute Gasteiger partial charge is 0.311 e. The first kappa shape index (κ1) is 21.3. The van der Waals surface area contributed by atoms with Crippen molar-refractivity contribution in [1.82, 2.24) is 4.98 Å². The van der Waals surface area contributed by atoms with Gasteiger partial charge in [0.1, 0.15) is 0 Å². The van der Waals surface area contributed by atoms with Crippen LogP contribution in [0.25, 0.3) is 0 Å². The van der Waals surface area contributed by atoms with E-state index in [0.717, 1.165) is 21.0 Å². The Bertz CT molecular complexity index is 978. The topological polar surface area (TPSA) is 56.3 Å². The predicted octanol–water partition coefficient (Wildman–Crippen LogP) is 5.58. The number of ether oxygens (including phenoxy) is 1. The van der Waals surface area contributed by atoms with Gasteiger partial charge in [-0.3, -0.25) is 9.59 Å². The maximum absolute atomic E-state index is 13.3. The number of ketones is 1. The zero-order valence-electron chi connectivity index (χ0n) is 16.7. The van der Waals surface area contributed by atoms with E-state index in [1.165, 1.54) is 23.1 Å². The van der Waals surface area contributed by atoms with E-state index in [4.69, 9.17) is 4.74 Å². The van der Waals surface area contributed by atoms with E-state index in [1.54, 1.807) is 6.92 Å². The Hall–Kier alpha value is -2.44.